The van der Waals surface area contributed by atoms with Gasteiger partial charge in [0.2, 0.25) is 0 Å². The summed E-state index contributed by atoms with van der Waals surface area (Å²) in [5, 5.41) is 3.87. The third-order valence-electron chi connectivity index (χ3n) is 3.86. The highest BCUT2D eigenvalue weighted by molar-refractivity contribution is 7.85. The van der Waals surface area contributed by atoms with Crippen molar-refractivity contribution in [3.05, 3.63) is 29.8 Å². The average molecular weight is 279 g/mol. The minimum atomic E-state index is -0.876. The van der Waals surface area contributed by atoms with E-state index in [-0.39, 0.29) is 5.25 Å². The summed E-state index contributed by atoms with van der Waals surface area (Å²) in [4.78, 5) is 0.996. The van der Waals surface area contributed by atoms with E-state index in [1.54, 1.807) is 0 Å². The van der Waals surface area contributed by atoms with E-state index in [1.165, 1.54) is 24.8 Å². The molecule has 2 rings (SSSR count). The minimum absolute atomic E-state index is 0.280. The van der Waals surface area contributed by atoms with Gasteiger partial charge in [0.05, 0.1) is 16.0 Å². The van der Waals surface area contributed by atoms with Gasteiger partial charge >= 0.3 is 0 Å². The van der Waals surface area contributed by atoms with E-state index in [4.69, 9.17) is 0 Å². The summed E-state index contributed by atoms with van der Waals surface area (Å²) in [5.41, 5.74) is 1.19. The van der Waals surface area contributed by atoms with Crippen LogP contribution in [-0.2, 0) is 10.8 Å². The molecule has 0 aliphatic heterocycles. The van der Waals surface area contributed by atoms with Gasteiger partial charge in [0.15, 0.2) is 0 Å². The number of aryl methyl sites for hydroxylation is 1. The molecule has 1 N–H and O–H groups in total. The van der Waals surface area contributed by atoms with Crippen molar-refractivity contribution < 1.29 is 4.21 Å². The van der Waals surface area contributed by atoms with Crippen molar-refractivity contribution in [1.82, 2.24) is 5.32 Å². The van der Waals surface area contributed by atoms with Crippen molar-refractivity contribution >= 4 is 10.8 Å². The molecule has 1 saturated carbocycles. The Balaban J connectivity index is 2.10. The lowest BCUT2D eigenvalue weighted by molar-refractivity contribution is 0.379. The Hall–Kier alpha value is -0.670. The third kappa shape index (κ3) is 3.90. The van der Waals surface area contributed by atoms with E-state index in [0.717, 1.165) is 24.3 Å². The first-order chi connectivity index (χ1) is 9.22. The molecule has 106 valence electrons. The largest absolute Gasteiger partial charge is 0.313 e. The molecule has 19 heavy (non-hydrogen) atoms. The summed E-state index contributed by atoms with van der Waals surface area (Å²) in [6.45, 7) is 5.28. The van der Waals surface area contributed by atoms with Crippen molar-refractivity contribution in [2.75, 3.05) is 6.54 Å². The Labute approximate surface area is 119 Å². The molecular weight excluding hydrogens is 254 g/mol. The van der Waals surface area contributed by atoms with Crippen LogP contribution in [0.5, 0.6) is 0 Å². The zero-order valence-corrected chi connectivity index (χ0v) is 12.8. The highest BCUT2D eigenvalue weighted by Crippen LogP contribution is 2.26. The van der Waals surface area contributed by atoms with E-state index < -0.39 is 10.8 Å². The van der Waals surface area contributed by atoms with E-state index in [9.17, 15) is 4.21 Å². The van der Waals surface area contributed by atoms with Gasteiger partial charge in [-0.05, 0) is 50.4 Å². The van der Waals surface area contributed by atoms with Crippen LogP contribution in [0.1, 0.15) is 44.6 Å². The fraction of sp³-hybridized carbons (Fsp3) is 0.625. The third-order valence-corrected chi connectivity index (χ3v) is 5.69. The monoisotopic (exact) mass is 279 g/mol. The average Bonchev–Trinajstić information content (AvgIpc) is 2.44. The molecule has 1 aromatic rings. The number of hydrogen-bond acceptors (Lipinski definition) is 2. The molecule has 1 aromatic carbocycles. The van der Waals surface area contributed by atoms with Crippen LogP contribution in [0.15, 0.2) is 29.2 Å². The van der Waals surface area contributed by atoms with Gasteiger partial charge in [0.1, 0.15) is 0 Å². The van der Waals surface area contributed by atoms with Crippen LogP contribution in [0.25, 0.3) is 0 Å². The first-order valence-corrected chi connectivity index (χ1v) is 8.64. The van der Waals surface area contributed by atoms with E-state index >= 15 is 0 Å². The topological polar surface area (TPSA) is 29.1 Å². The van der Waals surface area contributed by atoms with Crippen LogP contribution in [-0.4, -0.2) is 22.0 Å². The molecule has 0 amide bonds. The maximum Gasteiger partial charge on any atom is 0.0576 e. The lowest BCUT2D eigenvalue weighted by Gasteiger charge is -2.31. The molecule has 3 unspecified atom stereocenters. The molecule has 1 aliphatic rings. The van der Waals surface area contributed by atoms with E-state index in [2.05, 4.69) is 31.3 Å². The highest BCUT2D eigenvalue weighted by atomic mass is 32.2. The van der Waals surface area contributed by atoms with Gasteiger partial charge in [-0.25, -0.2) is 0 Å². The second kappa shape index (κ2) is 7.20. The Morgan fingerprint density at radius 3 is 2.84 bits per heavy atom. The lowest BCUT2D eigenvalue weighted by atomic mass is 9.95. The maximum atomic E-state index is 12.8. The predicted molar refractivity (Wildman–Crippen MR) is 81.9 cm³/mol. The highest BCUT2D eigenvalue weighted by Gasteiger charge is 2.30. The first-order valence-electron chi connectivity index (χ1n) is 7.43. The molecular formula is C16H25NOS. The van der Waals surface area contributed by atoms with Crippen molar-refractivity contribution in [2.24, 2.45) is 0 Å². The Morgan fingerprint density at radius 2 is 2.11 bits per heavy atom. The van der Waals surface area contributed by atoms with Crippen molar-refractivity contribution in [2.45, 2.75) is 62.1 Å². The van der Waals surface area contributed by atoms with Crippen LogP contribution in [0.3, 0.4) is 0 Å². The lowest BCUT2D eigenvalue weighted by Crippen LogP contribution is -2.44. The molecule has 0 bridgehead atoms. The summed E-state index contributed by atoms with van der Waals surface area (Å²) in [6, 6.07) is 8.58. The standard InChI is InChI=1S/C16H25NOS/c1-3-11-17-15-9-4-5-10-16(15)19(18)14-8-6-7-13(2)12-14/h6-8,12,15-17H,3-5,9-11H2,1-2H3. The van der Waals surface area contributed by atoms with Crippen molar-refractivity contribution in [3.63, 3.8) is 0 Å². The molecule has 0 heterocycles. The summed E-state index contributed by atoms with van der Waals surface area (Å²) >= 11 is 0. The van der Waals surface area contributed by atoms with Crippen molar-refractivity contribution in [1.29, 1.82) is 0 Å². The van der Waals surface area contributed by atoms with Crippen LogP contribution >= 0.6 is 0 Å². The van der Waals surface area contributed by atoms with Gasteiger partial charge in [-0.3, -0.25) is 4.21 Å². The summed E-state index contributed by atoms with van der Waals surface area (Å²) in [7, 11) is -0.876. The Kier molecular flexibility index (Phi) is 5.59. The number of hydrogen-bond donors (Lipinski definition) is 1. The van der Waals surface area contributed by atoms with Gasteiger partial charge in [-0.15, -0.1) is 0 Å². The smallest absolute Gasteiger partial charge is 0.0576 e. The SMILES string of the molecule is CCCNC1CCCCC1S(=O)c1cccc(C)c1. The Morgan fingerprint density at radius 1 is 1.32 bits per heavy atom. The van der Waals surface area contributed by atoms with Crippen molar-refractivity contribution in [3.8, 4) is 0 Å². The second-order valence-electron chi connectivity index (χ2n) is 5.50. The summed E-state index contributed by atoms with van der Waals surface area (Å²) < 4.78 is 12.8. The summed E-state index contributed by atoms with van der Waals surface area (Å²) in [5.74, 6) is 0. The molecule has 0 aromatic heterocycles. The van der Waals surface area contributed by atoms with Gasteiger partial charge in [0, 0.05) is 10.9 Å². The van der Waals surface area contributed by atoms with Gasteiger partial charge in [-0.1, -0.05) is 31.9 Å². The zero-order valence-electron chi connectivity index (χ0n) is 12.0. The molecule has 3 atom stereocenters. The van der Waals surface area contributed by atoms with Crippen LogP contribution < -0.4 is 5.32 Å². The molecule has 1 fully saturated rings. The van der Waals surface area contributed by atoms with Gasteiger partial charge in [-0.2, -0.15) is 0 Å². The first kappa shape index (κ1) is 14.7. The Bertz CT molecular complexity index is 433. The molecule has 2 nitrogen and oxygen atoms in total. The molecule has 0 radical (unpaired) electrons. The van der Waals surface area contributed by atoms with Crippen LogP contribution in [0.4, 0.5) is 0 Å². The fourth-order valence-corrected chi connectivity index (χ4v) is 4.61. The van der Waals surface area contributed by atoms with E-state index in [0.29, 0.717) is 6.04 Å². The second-order valence-corrected chi connectivity index (χ2v) is 7.17. The summed E-state index contributed by atoms with van der Waals surface area (Å²) in [6.07, 6.45) is 5.87. The van der Waals surface area contributed by atoms with E-state index in [1.807, 2.05) is 12.1 Å². The number of benzene rings is 1. The zero-order chi connectivity index (χ0) is 13.7. The predicted octanol–water partition coefficient (Wildman–Crippen LogP) is 3.41. The fourth-order valence-electron chi connectivity index (χ4n) is 2.83. The molecule has 0 saturated heterocycles. The van der Waals surface area contributed by atoms with Gasteiger partial charge < -0.3 is 5.32 Å². The molecule has 1 aliphatic carbocycles. The van der Waals surface area contributed by atoms with Gasteiger partial charge in [0.25, 0.3) is 0 Å². The quantitative estimate of drug-likeness (QED) is 0.895. The number of nitrogens with one attached hydrogen (secondary N) is 1. The minimum Gasteiger partial charge on any atom is -0.313 e. The maximum absolute atomic E-state index is 12.8. The van der Waals surface area contributed by atoms with Crippen LogP contribution in [0.2, 0.25) is 0 Å². The molecule has 0 spiro atoms. The molecule has 3 heteroatoms. The normalized spacial score (nSPS) is 25.2. The van der Waals surface area contributed by atoms with Crippen LogP contribution in [0, 0.1) is 6.92 Å². The number of rotatable bonds is 5.